The van der Waals surface area contributed by atoms with E-state index in [2.05, 4.69) is 15.9 Å². The van der Waals surface area contributed by atoms with Crippen molar-refractivity contribution in [2.75, 3.05) is 0 Å². The fraction of sp³-hybridized carbons (Fsp3) is 0.200. The van der Waals surface area contributed by atoms with E-state index in [0.717, 1.165) is 5.56 Å². The van der Waals surface area contributed by atoms with Gasteiger partial charge in [0.2, 0.25) is 0 Å². The third-order valence-corrected chi connectivity index (χ3v) is 3.97. The van der Waals surface area contributed by atoms with Crippen LogP contribution >= 0.6 is 15.9 Å². The summed E-state index contributed by atoms with van der Waals surface area (Å²) in [6.07, 6.45) is 0. The van der Waals surface area contributed by atoms with Gasteiger partial charge in [-0.05, 0) is 58.1 Å². The zero-order chi connectivity index (χ0) is 14.2. The van der Waals surface area contributed by atoms with Gasteiger partial charge in [-0.3, -0.25) is 0 Å². The van der Waals surface area contributed by atoms with Crippen LogP contribution in [0, 0.1) is 25.5 Å². The molecule has 0 fully saturated rings. The molecule has 100 valence electrons. The van der Waals surface area contributed by atoms with Gasteiger partial charge in [-0.1, -0.05) is 24.3 Å². The second kappa shape index (κ2) is 5.39. The van der Waals surface area contributed by atoms with Crippen molar-refractivity contribution in [1.29, 1.82) is 0 Å². The van der Waals surface area contributed by atoms with Crippen LogP contribution in [0.15, 0.2) is 34.8 Å². The van der Waals surface area contributed by atoms with E-state index in [1.807, 2.05) is 0 Å². The topological polar surface area (TPSA) is 26.0 Å². The molecule has 0 aliphatic rings. The molecule has 1 nitrogen and oxygen atoms in total. The molecule has 0 aliphatic heterocycles. The molecule has 2 aromatic rings. The Labute approximate surface area is 119 Å². The maximum atomic E-state index is 13.6. The highest BCUT2D eigenvalue weighted by atomic mass is 79.9. The Morgan fingerprint density at radius 2 is 1.68 bits per heavy atom. The Kier molecular flexibility index (Phi) is 4.02. The molecule has 0 heterocycles. The Morgan fingerprint density at radius 3 is 2.26 bits per heavy atom. The minimum absolute atomic E-state index is 0.228. The molecule has 2 aromatic carbocycles. The molecule has 0 aromatic heterocycles. The van der Waals surface area contributed by atoms with Crippen molar-refractivity contribution in [1.82, 2.24) is 0 Å². The summed E-state index contributed by atoms with van der Waals surface area (Å²) in [6, 6.07) is 7.63. The third-order valence-electron chi connectivity index (χ3n) is 3.13. The molecule has 0 radical (unpaired) electrons. The lowest BCUT2D eigenvalue weighted by Crippen LogP contribution is -2.14. The van der Waals surface area contributed by atoms with E-state index in [9.17, 15) is 8.78 Å². The molecule has 0 amide bonds. The van der Waals surface area contributed by atoms with Gasteiger partial charge in [0, 0.05) is 0 Å². The normalized spacial score (nSPS) is 12.5. The zero-order valence-electron chi connectivity index (χ0n) is 10.7. The minimum atomic E-state index is -0.497. The number of hydrogen-bond acceptors (Lipinski definition) is 1. The maximum absolute atomic E-state index is 13.6. The molecule has 0 saturated heterocycles. The van der Waals surface area contributed by atoms with Gasteiger partial charge in [0.25, 0.3) is 0 Å². The van der Waals surface area contributed by atoms with Crippen molar-refractivity contribution >= 4 is 15.9 Å². The summed E-state index contributed by atoms with van der Waals surface area (Å²) in [5.41, 5.74) is 8.64. The number of rotatable bonds is 2. The van der Waals surface area contributed by atoms with Gasteiger partial charge in [0.1, 0.15) is 11.6 Å². The number of halogens is 3. The van der Waals surface area contributed by atoms with Crippen LogP contribution in [0.1, 0.15) is 28.3 Å². The van der Waals surface area contributed by atoms with E-state index >= 15 is 0 Å². The van der Waals surface area contributed by atoms with Crippen LogP contribution in [0.25, 0.3) is 0 Å². The summed E-state index contributed by atoms with van der Waals surface area (Å²) in [4.78, 5) is 0. The first kappa shape index (κ1) is 14.2. The Balaban J connectivity index is 2.50. The van der Waals surface area contributed by atoms with E-state index in [1.54, 1.807) is 38.1 Å². The molecular weight excluding hydrogens is 312 g/mol. The van der Waals surface area contributed by atoms with E-state index < -0.39 is 6.04 Å². The highest BCUT2D eigenvalue weighted by Crippen LogP contribution is 2.30. The lowest BCUT2D eigenvalue weighted by molar-refractivity contribution is 0.606. The molecular formula is C15H14BrF2N. The number of benzene rings is 2. The maximum Gasteiger partial charge on any atom is 0.137 e. The van der Waals surface area contributed by atoms with Crippen LogP contribution in [0.5, 0.6) is 0 Å². The van der Waals surface area contributed by atoms with Gasteiger partial charge >= 0.3 is 0 Å². The summed E-state index contributed by atoms with van der Waals surface area (Å²) < 4.78 is 27.5. The number of nitrogens with two attached hydrogens (primary N) is 1. The lowest BCUT2D eigenvalue weighted by atomic mass is 9.96. The molecule has 1 atom stereocenters. The van der Waals surface area contributed by atoms with Crippen LogP contribution in [-0.4, -0.2) is 0 Å². The van der Waals surface area contributed by atoms with Crippen LogP contribution < -0.4 is 5.73 Å². The summed E-state index contributed by atoms with van der Waals surface area (Å²) in [5.74, 6) is -0.585. The summed E-state index contributed by atoms with van der Waals surface area (Å²) in [7, 11) is 0. The van der Waals surface area contributed by atoms with Crippen molar-refractivity contribution in [3.05, 3.63) is 68.7 Å². The minimum Gasteiger partial charge on any atom is -0.320 e. The van der Waals surface area contributed by atoms with E-state index in [-0.39, 0.29) is 11.6 Å². The summed E-state index contributed by atoms with van der Waals surface area (Å²) in [6.45, 7) is 3.39. The van der Waals surface area contributed by atoms with Crippen molar-refractivity contribution in [3.8, 4) is 0 Å². The average Bonchev–Trinajstić information content (AvgIpc) is 2.38. The highest BCUT2D eigenvalue weighted by Gasteiger charge is 2.16. The molecule has 2 N–H and O–H groups in total. The summed E-state index contributed by atoms with van der Waals surface area (Å²) in [5, 5.41) is 0. The van der Waals surface area contributed by atoms with Crippen LogP contribution in [0.3, 0.4) is 0 Å². The van der Waals surface area contributed by atoms with Crippen molar-refractivity contribution in [2.45, 2.75) is 19.9 Å². The Hall–Kier alpha value is -1.26. The fourth-order valence-corrected chi connectivity index (χ4v) is 2.61. The van der Waals surface area contributed by atoms with Crippen molar-refractivity contribution in [3.63, 3.8) is 0 Å². The smallest absolute Gasteiger partial charge is 0.137 e. The monoisotopic (exact) mass is 325 g/mol. The largest absolute Gasteiger partial charge is 0.320 e. The average molecular weight is 326 g/mol. The molecule has 0 bridgehead atoms. The molecule has 2 rings (SSSR count). The Bertz CT molecular complexity index is 603. The number of aryl methyl sites for hydroxylation is 2. The zero-order valence-corrected chi connectivity index (χ0v) is 12.3. The predicted octanol–water partition coefficient (Wildman–Crippen LogP) is 4.39. The van der Waals surface area contributed by atoms with Gasteiger partial charge in [-0.2, -0.15) is 0 Å². The standard InChI is InChI=1S/C15H14BrF2N/c1-8-6-10(7-9(2)14(8)18)15(19)11-4-3-5-12(17)13(11)16/h3-7,15H,19H2,1-2H3. The molecule has 0 aliphatic carbocycles. The van der Waals surface area contributed by atoms with Crippen molar-refractivity contribution < 1.29 is 8.78 Å². The first-order valence-corrected chi connectivity index (χ1v) is 6.67. The first-order chi connectivity index (χ1) is 8.91. The molecule has 0 spiro atoms. The van der Waals surface area contributed by atoms with Crippen LogP contribution in [0.2, 0.25) is 0 Å². The van der Waals surface area contributed by atoms with E-state index in [0.29, 0.717) is 21.2 Å². The molecule has 1 unspecified atom stereocenters. The summed E-state index contributed by atoms with van der Waals surface area (Å²) >= 11 is 3.20. The van der Waals surface area contributed by atoms with Gasteiger partial charge in [0.15, 0.2) is 0 Å². The molecule has 4 heteroatoms. The van der Waals surface area contributed by atoms with Gasteiger partial charge in [-0.15, -0.1) is 0 Å². The first-order valence-electron chi connectivity index (χ1n) is 5.88. The predicted molar refractivity (Wildman–Crippen MR) is 76.0 cm³/mol. The highest BCUT2D eigenvalue weighted by molar-refractivity contribution is 9.10. The Morgan fingerprint density at radius 1 is 1.11 bits per heavy atom. The van der Waals surface area contributed by atoms with Gasteiger partial charge < -0.3 is 5.73 Å². The quantitative estimate of drug-likeness (QED) is 0.870. The van der Waals surface area contributed by atoms with Gasteiger partial charge in [0.05, 0.1) is 10.5 Å². The van der Waals surface area contributed by atoms with Crippen molar-refractivity contribution in [2.24, 2.45) is 5.73 Å². The lowest BCUT2D eigenvalue weighted by Gasteiger charge is -2.16. The molecule has 19 heavy (non-hydrogen) atoms. The SMILES string of the molecule is Cc1cc(C(N)c2cccc(F)c2Br)cc(C)c1F. The number of hydrogen-bond donors (Lipinski definition) is 1. The van der Waals surface area contributed by atoms with Crippen LogP contribution in [-0.2, 0) is 0 Å². The second-order valence-electron chi connectivity index (χ2n) is 4.59. The molecule has 0 saturated carbocycles. The van der Waals surface area contributed by atoms with Crippen LogP contribution in [0.4, 0.5) is 8.78 Å². The van der Waals surface area contributed by atoms with E-state index in [1.165, 1.54) is 6.07 Å². The van der Waals surface area contributed by atoms with Gasteiger partial charge in [-0.25, -0.2) is 8.78 Å². The second-order valence-corrected chi connectivity index (χ2v) is 5.38. The fourth-order valence-electron chi connectivity index (χ4n) is 2.10. The third kappa shape index (κ3) is 2.69. The van der Waals surface area contributed by atoms with E-state index in [4.69, 9.17) is 5.73 Å².